The Morgan fingerprint density at radius 2 is 1.62 bits per heavy atom. The van der Waals surface area contributed by atoms with Gasteiger partial charge in [-0.3, -0.25) is 9.69 Å². The highest BCUT2D eigenvalue weighted by molar-refractivity contribution is 5.95. The molecule has 0 aromatic heterocycles. The van der Waals surface area contributed by atoms with Gasteiger partial charge in [-0.15, -0.1) is 0 Å². The van der Waals surface area contributed by atoms with Crippen LogP contribution >= 0.6 is 0 Å². The molecule has 2 aromatic rings. The van der Waals surface area contributed by atoms with Crippen LogP contribution in [0.3, 0.4) is 0 Å². The average molecular weight is 351 g/mol. The Balaban J connectivity index is 1.28. The largest absolute Gasteiger partial charge is 0.490 e. The zero-order valence-electron chi connectivity index (χ0n) is 15.0. The van der Waals surface area contributed by atoms with Crippen LogP contribution in [-0.4, -0.2) is 56.7 Å². The van der Waals surface area contributed by atoms with Crippen molar-refractivity contribution < 1.29 is 9.53 Å². The molecule has 1 saturated heterocycles. The number of carbonyl (C=O) groups excluding carboxylic acids is 1. The molecule has 0 saturated carbocycles. The zero-order valence-corrected chi connectivity index (χ0v) is 15.0. The van der Waals surface area contributed by atoms with E-state index in [0.717, 1.165) is 44.2 Å². The van der Waals surface area contributed by atoms with Gasteiger partial charge in [-0.25, -0.2) is 0 Å². The third-order valence-corrected chi connectivity index (χ3v) is 5.17. The lowest BCUT2D eigenvalue weighted by molar-refractivity contribution is -0.119. The van der Waals surface area contributed by atoms with Crippen LogP contribution in [-0.2, 0) is 4.79 Å². The summed E-state index contributed by atoms with van der Waals surface area (Å²) in [6, 6.07) is 18.3. The van der Waals surface area contributed by atoms with E-state index < -0.39 is 0 Å². The Morgan fingerprint density at radius 1 is 0.885 bits per heavy atom. The fraction of sp³-hybridized carbons (Fsp3) is 0.381. The fourth-order valence-corrected chi connectivity index (χ4v) is 3.69. The summed E-state index contributed by atoms with van der Waals surface area (Å²) in [5, 5.41) is 0. The van der Waals surface area contributed by atoms with E-state index in [0.29, 0.717) is 19.6 Å². The number of nitrogens with zero attached hydrogens (tertiary/aromatic N) is 3. The summed E-state index contributed by atoms with van der Waals surface area (Å²) in [6.07, 6.45) is 0.555. The number of benzene rings is 2. The Hall–Kier alpha value is -2.53. The second-order valence-electron chi connectivity index (χ2n) is 6.78. The van der Waals surface area contributed by atoms with Crippen molar-refractivity contribution in [2.75, 3.05) is 55.7 Å². The molecule has 0 atom stereocenters. The van der Waals surface area contributed by atoms with Crippen molar-refractivity contribution in [3.63, 3.8) is 0 Å². The first kappa shape index (κ1) is 16.9. The molecule has 0 unspecified atom stereocenters. The van der Waals surface area contributed by atoms with E-state index in [2.05, 4.69) is 40.1 Å². The average Bonchev–Trinajstić information content (AvgIpc) is 2.72. The summed E-state index contributed by atoms with van der Waals surface area (Å²) in [6.45, 7) is 6.05. The second kappa shape index (κ2) is 7.79. The van der Waals surface area contributed by atoms with Crippen molar-refractivity contribution in [1.29, 1.82) is 0 Å². The van der Waals surface area contributed by atoms with Gasteiger partial charge >= 0.3 is 0 Å². The lowest BCUT2D eigenvalue weighted by Gasteiger charge is -2.36. The quantitative estimate of drug-likeness (QED) is 0.848. The van der Waals surface area contributed by atoms with Gasteiger partial charge in [-0.2, -0.15) is 0 Å². The molecule has 2 aromatic carbocycles. The predicted octanol–water partition coefficient (Wildman–Crippen LogP) is 2.62. The van der Waals surface area contributed by atoms with Crippen LogP contribution in [0.2, 0.25) is 0 Å². The minimum atomic E-state index is 0.186. The number of ether oxygens (including phenoxy) is 1. The highest BCUT2D eigenvalue weighted by Crippen LogP contribution is 2.31. The first-order valence-corrected chi connectivity index (χ1v) is 9.36. The van der Waals surface area contributed by atoms with Gasteiger partial charge < -0.3 is 14.5 Å². The molecule has 136 valence electrons. The maximum Gasteiger partial charge on any atom is 0.228 e. The summed E-state index contributed by atoms with van der Waals surface area (Å²) >= 11 is 0. The first-order chi connectivity index (χ1) is 12.8. The van der Waals surface area contributed by atoms with Gasteiger partial charge in [0.15, 0.2) is 0 Å². The molecule has 0 N–H and O–H groups in total. The molecule has 0 bridgehead atoms. The van der Waals surface area contributed by atoms with Crippen LogP contribution in [0.25, 0.3) is 0 Å². The Bertz CT molecular complexity index is 742. The number of hydrogen-bond donors (Lipinski definition) is 0. The number of carbonyl (C=O) groups is 1. The van der Waals surface area contributed by atoms with Crippen molar-refractivity contribution in [3.05, 3.63) is 54.6 Å². The van der Waals surface area contributed by atoms with Crippen LogP contribution < -0.4 is 14.5 Å². The van der Waals surface area contributed by atoms with Gasteiger partial charge in [0.1, 0.15) is 12.4 Å². The van der Waals surface area contributed by atoms with Gasteiger partial charge in [0.25, 0.3) is 0 Å². The minimum absolute atomic E-state index is 0.186. The van der Waals surface area contributed by atoms with Crippen LogP contribution in [0.5, 0.6) is 5.75 Å². The number of anilines is 2. The first-order valence-electron chi connectivity index (χ1n) is 9.36. The van der Waals surface area contributed by atoms with Crippen LogP contribution in [0, 0.1) is 0 Å². The van der Waals surface area contributed by atoms with E-state index >= 15 is 0 Å². The summed E-state index contributed by atoms with van der Waals surface area (Å²) in [5.74, 6) is 0.995. The van der Waals surface area contributed by atoms with E-state index in [4.69, 9.17) is 4.74 Å². The molecule has 0 aliphatic carbocycles. The van der Waals surface area contributed by atoms with E-state index in [-0.39, 0.29) is 5.91 Å². The monoisotopic (exact) mass is 351 g/mol. The predicted molar refractivity (Wildman–Crippen MR) is 104 cm³/mol. The summed E-state index contributed by atoms with van der Waals surface area (Å²) in [4.78, 5) is 19.4. The normalized spacial score (nSPS) is 17.5. The highest BCUT2D eigenvalue weighted by atomic mass is 16.5. The Morgan fingerprint density at radius 3 is 2.42 bits per heavy atom. The molecule has 1 fully saturated rings. The fourth-order valence-electron chi connectivity index (χ4n) is 3.69. The molecule has 2 aliphatic heterocycles. The number of para-hydroxylation sites is 3. The smallest absolute Gasteiger partial charge is 0.228 e. The van der Waals surface area contributed by atoms with Crippen molar-refractivity contribution in [1.82, 2.24) is 4.90 Å². The van der Waals surface area contributed by atoms with E-state index in [1.807, 2.05) is 29.2 Å². The molecule has 0 radical (unpaired) electrons. The van der Waals surface area contributed by atoms with Gasteiger partial charge in [0.2, 0.25) is 5.91 Å². The maximum absolute atomic E-state index is 12.7. The molecule has 4 rings (SSSR count). The highest BCUT2D eigenvalue weighted by Gasteiger charge is 2.24. The maximum atomic E-state index is 12.7. The number of hydrogen-bond acceptors (Lipinski definition) is 4. The molecule has 2 heterocycles. The van der Waals surface area contributed by atoms with Crippen LogP contribution in [0.1, 0.15) is 6.42 Å². The van der Waals surface area contributed by atoms with Crippen LogP contribution in [0.15, 0.2) is 54.6 Å². The summed E-state index contributed by atoms with van der Waals surface area (Å²) in [7, 11) is 0. The van der Waals surface area contributed by atoms with Crippen molar-refractivity contribution in [2.45, 2.75) is 6.42 Å². The third-order valence-electron chi connectivity index (χ3n) is 5.17. The lowest BCUT2D eigenvalue weighted by Crippen LogP contribution is -2.47. The number of rotatable bonds is 4. The second-order valence-corrected chi connectivity index (χ2v) is 6.78. The molecular formula is C21H25N3O2. The van der Waals surface area contributed by atoms with Gasteiger partial charge in [0.05, 0.1) is 12.2 Å². The standard InChI is InChI=1S/C21H25N3O2/c25-21(24-16-17-26-20-9-5-4-8-19(20)24)10-11-22-12-14-23(15-13-22)18-6-2-1-3-7-18/h1-9H,10-17H2. The molecule has 5 heteroatoms. The lowest BCUT2D eigenvalue weighted by atomic mass is 10.2. The number of fused-ring (bicyclic) bond motifs is 1. The molecular weight excluding hydrogens is 326 g/mol. The molecule has 2 aliphatic rings. The van der Waals surface area contributed by atoms with E-state index in [1.54, 1.807) is 0 Å². The number of piperazine rings is 1. The van der Waals surface area contributed by atoms with Gasteiger partial charge in [-0.1, -0.05) is 30.3 Å². The van der Waals surface area contributed by atoms with Crippen LogP contribution in [0.4, 0.5) is 11.4 Å². The third kappa shape index (κ3) is 3.68. The van der Waals surface area contributed by atoms with Crippen molar-refractivity contribution >= 4 is 17.3 Å². The zero-order chi connectivity index (χ0) is 17.8. The minimum Gasteiger partial charge on any atom is -0.490 e. The Labute approximate surface area is 154 Å². The van der Waals surface area contributed by atoms with Gasteiger partial charge in [0, 0.05) is 44.8 Å². The SMILES string of the molecule is O=C(CCN1CCN(c2ccccc2)CC1)N1CCOc2ccccc21. The Kier molecular flexibility index (Phi) is 5.07. The van der Waals surface area contributed by atoms with E-state index in [1.165, 1.54) is 5.69 Å². The van der Waals surface area contributed by atoms with Crippen molar-refractivity contribution in [2.24, 2.45) is 0 Å². The summed E-state index contributed by atoms with van der Waals surface area (Å²) in [5.41, 5.74) is 2.19. The number of amides is 1. The van der Waals surface area contributed by atoms with Crippen molar-refractivity contribution in [3.8, 4) is 5.75 Å². The summed E-state index contributed by atoms with van der Waals surface area (Å²) < 4.78 is 5.64. The molecule has 5 nitrogen and oxygen atoms in total. The topological polar surface area (TPSA) is 36.0 Å². The molecule has 26 heavy (non-hydrogen) atoms. The van der Waals surface area contributed by atoms with Gasteiger partial charge in [-0.05, 0) is 24.3 Å². The van der Waals surface area contributed by atoms with E-state index in [9.17, 15) is 4.79 Å². The molecule has 1 amide bonds. The molecule has 0 spiro atoms.